The predicted molar refractivity (Wildman–Crippen MR) is 91.4 cm³/mol. The number of aromatic nitrogens is 3. The van der Waals surface area contributed by atoms with Crippen molar-refractivity contribution in [2.75, 3.05) is 0 Å². The van der Waals surface area contributed by atoms with Crippen LogP contribution in [0.4, 0.5) is 0 Å². The lowest BCUT2D eigenvalue weighted by molar-refractivity contribution is -0.146. The van der Waals surface area contributed by atoms with E-state index in [2.05, 4.69) is 22.3 Å². The van der Waals surface area contributed by atoms with Gasteiger partial charge in [-0.1, -0.05) is 31.5 Å². The second-order valence-corrected chi connectivity index (χ2v) is 6.54. The maximum absolute atomic E-state index is 12.5. The molecule has 2 aromatic rings. The zero-order chi connectivity index (χ0) is 17.9. The minimum absolute atomic E-state index is 0.0258. The van der Waals surface area contributed by atoms with Gasteiger partial charge in [0, 0.05) is 0 Å². The van der Waals surface area contributed by atoms with Gasteiger partial charge in [-0.3, -0.25) is 4.79 Å². The van der Waals surface area contributed by atoms with E-state index in [0.29, 0.717) is 18.8 Å². The Morgan fingerprint density at radius 1 is 1.28 bits per heavy atom. The Kier molecular flexibility index (Phi) is 4.83. The van der Waals surface area contributed by atoms with Gasteiger partial charge in [-0.05, 0) is 43.7 Å². The summed E-state index contributed by atoms with van der Waals surface area (Å²) in [7, 11) is 0. The van der Waals surface area contributed by atoms with E-state index in [1.807, 2.05) is 30.3 Å². The van der Waals surface area contributed by atoms with E-state index in [9.17, 15) is 14.7 Å². The van der Waals surface area contributed by atoms with E-state index in [1.165, 1.54) is 11.0 Å². The van der Waals surface area contributed by atoms with Gasteiger partial charge in [-0.15, -0.1) is 5.10 Å². The molecule has 0 radical (unpaired) electrons. The summed E-state index contributed by atoms with van der Waals surface area (Å²) in [6.45, 7) is 2.11. The first-order chi connectivity index (χ1) is 12.0. The second-order valence-electron chi connectivity index (χ2n) is 6.54. The highest BCUT2D eigenvalue weighted by Gasteiger charge is 2.43. The molecule has 0 aliphatic heterocycles. The van der Waals surface area contributed by atoms with Crippen LogP contribution in [-0.4, -0.2) is 37.3 Å². The number of aliphatic carboxylic acids is 1. The Hall–Kier alpha value is -2.70. The average Bonchev–Trinajstić information content (AvgIpc) is 3.13. The molecule has 0 spiro atoms. The molecule has 1 fully saturated rings. The Bertz CT molecular complexity index is 749. The van der Waals surface area contributed by atoms with Crippen molar-refractivity contribution >= 4 is 11.9 Å². The SMILES string of the molecule is CCC1CCC(NC(=O)c2ncn(-c3ccccc3)n2)(C(=O)O)CC1. The van der Waals surface area contributed by atoms with Crippen LogP contribution in [0.1, 0.15) is 49.6 Å². The first kappa shape index (κ1) is 17.1. The van der Waals surface area contributed by atoms with Crippen LogP contribution >= 0.6 is 0 Å². The van der Waals surface area contributed by atoms with Gasteiger partial charge in [-0.2, -0.15) is 0 Å². The van der Waals surface area contributed by atoms with Gasteiger partial charge in [0.15, 0.2) is 0 Å². The summed E-state index contributed by atoms with van der Waals surface area (Å²) in [6, 6.07) is 9.31. The summed E-state index contributed by atoms with van der Waals surface area (Å²) >= 11 is 0. The highest BCUT2D eigenvalue weighted by molar-refractivity contribution is 5.95. The monoisotopic (exact) mass is 342 g/mol. The molecule has 1 amide bonds. The van der Waals surface area contributed by atoms with Gasteiger partial charge in [-0.25, -0.2) is 14.5 Å². The van der Waals surface area contributed by atoms with Crippen molar-refractivity contribution in [1.82, 2.24) is 20.1 Å². The number of hydrogen-bond donors (Lipinski definition) is 2. The number of carboxylic acids is 1. The van der Waals surface area contributed by atoms with Crippen LogP contribution in [0.3, 0.4) is 0 Å². The van der Waals surface area contributed by atoms with E-state index in [0.717, 1.165) is 24.9 Å². The second kappa shape index (κ2) is 7.04. The fraction of sp³-hybridized carbons (Fsp3) is 0.444. The molecule has 0 unspecified atom stereocenters. The molecule has 25 heavy (non-hydrogen) atoms. The molecule has 1 aromatic heterocycles. The van der Waals surface area contributed by atoms with E-state index < -0.39 is 17.4 Å². The summed E-state index contributed by atoms with van der Waals surface area (Å²) in [4.78, 5) is 28.3. The first-order valence-electron chi connectivity index (χ1n) is 8.57. The quantitative estimate of drug-likeness (QED) is 0.870. The van der Waals surface area contributed by atoms with Gasteiger partial charge in [0.1, 0.15) is 11.9 Å². The zero-order valence-corrected chi connectivity index (χ0v) is 14.2. The molecule has 3 rings (SSSR count). The predicted octanol–water partition coefficient (Wildman–Crippen LogP) is 2.42. The standard InChI is InChI=1S/C18H22N4O3/c1-2-13-8-10-18(11-9-13,17(24)25)20-16(23)15-19-12-22(21-15)14-6-4-3-5-7-14/h3-7,12-13H,2,8-11H2,1H3,(H,20,23)(H,24,25). The summed E-state index contributed by atoms with van der Waals surface area (Å²) in [6.07, 6.45) is 4.96. The number of hydrogen-bond acceptors (Lipinski definition) is 4. The minimum atomic E-state index is -1.22. The van der Waals surface area contributed by atoms with Gasteiger partial charge in [0.2, 0.25) is 5.82 Å². The zero-order valence-electron chi connectivity index (χ0n) is 14.2. The highest BCUT2D eigenvalue weighted by atomic mass is 16.4. The van der Waals surface area contributed by atoms with Crippen LogP contribution in [0.2, 0.25) is 0 Å². The number of carboxylic acid groups (broad SMARTS) is 1. The third-order valence-electron chi connectivity index (χ3n) is 5.01. The van der Waals surface area contributed by atoms with E-state index >= 15 is 0 Å². The molecule has 1 aliphatic rings. The lowest BCUT2D eigenvalue weighted by Gasteiger charge is -2.36. The number of nitrogens with zero attached hydrogens (tertiary/aromatic N) is 3. The third-order valence-corrected chi connectivity index (χ3v) is 5.01. The van der Waals surface area contributed by atoms with E-state index in [-0.39, 0.29) is 5.82 Å². The van der Waals surface area contributed by atoms with Crippen LogP contribution < -0.4 is 5.32 Å². The fourth-order valence-electron chi connectivity index (χ4n) is 3.32. The molecular formula is C18H22N4O3. The molecule has 0 atom stereocenters. The fourth-order valence-corrected chi connectivity index (χ4v) is 3.32. The highest BCUT2D eigenvalue weighted by Crippen LogP contribution is 2.34. The van der Waals surface area contributed by atoms with Crippen molar-refractivity contribution in [2.45, 2.75) is 44.6 Å². The molecule has 7 nitrogen and oxygen atoms in total. The molecule has 2 N–H and O–H groups in total. The van der Waals surface area contributed by atoms with Gasteiger partial charge in [0.05, 0.1) is 5.69 Å². The molecule has 0 bridgehead atoms. The number of para-hydroxylation sites is 1. The van der Waals surface area contributed by atoms with Gasteiger partial charge >= 0.3 is 5.97 Å². The van der Waals surface area contributed by atoms with Crippen molar-refractivity contribution in [3.63, 3.8) is 0 Å². The molecule has 1 heterocycles. The van der Waals surface area contributed by atoms with Crippen molar-refractivity contribution in [1.29, 1.82) is 0 Å². The maximum Gasteiger partial charge on any atom is 0.329 e. The number of amides is 1. The Morgan fingerprint density at radius 3 is 2.56 bits per heavy atom. The Labute approximate surface area is 146 Å². The minimum Gasteiger partial charge on any atom is -0.480 e. The summed E-state index contributed by atoms with van der Waals surface area (Å²) in [5, 5.41) is 16.5. The van der Waals surface area contributed by atoms with Crippen molar-refractivity contribution in [3.05, 3.63) is 42.5 Å². The number of carbonyl (C=O) groups excluding carboxylic acids is 1. The summed E-state index contributed by atoms with van der Waals surface area (Å²) < 4.78 is 1.50. The number of rotatable bonds is 5. The van der Waals surface area contributed by atoms with E-state index in [4.69, 9.17) is 0 Å². The summed E-state index contributed by atoms with van der Waals surface area (Å²) in [5.41, 5.74) is -0.438. The summed E-state index contributed by atoms with van der Waals surface area (Å²) in [5.74, 6) is -1.04. The van der Waals surface area contributed by atoms with Crippen LogP contribution in [0.5, 0.6) is 0 Å². The van der Waals surface area contributed by atoms with Gasteiger partial charge in [0.25, 0.3) is 5.91 Å². The lowest BCUT2D eigenvalue weighted by Crippen LogP contribution is -2.56. The van der Waals surface area contributed by atoms with Crippen molar-refractivity contribution < 1.29 is 14.7 Å². The van der Waals surface area contributed by atoms with E-state index in [1.54, 1.807) is 0 Å². The van der Waals surface area contributed by atoms with Crippen molar-refractivity contribution in [3.8, 4) is 5.69 Å². The van der Waals surface area contributed by atoms with Crippen LogP contribution in [-0.2, 0) is 4.79 Å². The third kappa shape index (κ3) is 3.55. The first-order valence-corrected chi connectivity index (χ1v) is 8.57. The smallest absolute Gasteiger partial charge is 0.329 e. The lowest BCUT2D eigenvalue weighted by atomic mass is 9.75. The largest absolute Gasteiger partial charge is 0.480 e. The Balaban J connectivity index is 1.75. The number of carbonyl (C=O) groups is 2. The van der Waals surface area contributed by atoms with Crippen molar-refractivity contribution in [2.24, 2.45) is 5.92 Å². The topological polar surface area (TPSA) is 97.1 Å². The molecule has 1 saturated carbocycles. The number of nitrogens with one attached hydrogen (secondary N) is 1. The molecule has 0 saturated heterocycles. The molecule has 7 heteroatoms. The van der Waals surface area contributed by atoms with Crippen LogP contribution in [0.15, 0.2) is 36.7 Å². The molecular weight excluding hydrogens is 320 g/mol. The Morgan fingerprint density at radius 2 is 1.96 bits per heavy atom. The van der Waals surface area contributed by atoms with Crippen LogP contribution in [0.25, 0.3) is 5.69 Å². The molecule has 132 valence electrons. The average molecular weight is 342 g/mol. The normalized spacial score (nSPS) is 23.2. The molecule has 1 aliphatic carbocycles. The van der Waals surface area contributed by atoms with Crippen LogP contribution in [0, 0.1) is 5.92 Å². The maximum atomic E-state index is 12.5. The number of benzene rings is 1. The van der Waals surface area contributed by atoms with Gasteiger partial charge < -0.3 is 10.4 Å². The molecule has 1 aromatic carbocycles.